The lowest BCUT2D eigenvalue weighted by molar-refractivity contribution is -0.384. The minimum Gasteiger partial charge on any atom is -0.405 e. The summed E-state index contributed by atoms with van der Waals surface area (Å²) in [5.41, 5.74) is 0.614. The first-order valence-corrected chi connectivity index (χ1v) is 9.05. The van der Waals surface area contributed by atoms with Crippen molar-refractivity contribution in [1.82, 2.24) is 4.90 Å². The Balaban J connectivity index is 1.64. The molecule has 3 rings (SSSR count). The zero-order valence-corrected chi connectivity index (χ0v) is 15.7. The first kappa shape index (κ1) is 21.2. The summed E-state index contributed by atoms with van der Waals surface area (Å²) in [4.78, 5) is 26.6. The molecule has 1 amide bonds. The van der Waals surface area contributed by atoms with Gasteiger partial charge in [-0.05, 0) is 18.2 Å². The van der Waals surface area contributed by atoms with E-state index in [1.54, 1.807) is 24.3 Å². The van der Waals surface area contributed by atoms with Crippen LogP contribution < -0.4 is 9.64 Å². The van der Waals surface area contributed by atoms with E-state index in [4.69, 9.17) is 0 Å². The Morgan fingerprint density at radius 2 is 1.67 bits per heavy atom. The summed E-state index contributed by atoms with van der Waals surface area (Å²) in [6, 6.07) is 11.9. The highest BCUT2D eigenvalue weighted by Crippen LogP contribution is 2.29. The molecule has 1 aliphatic rings. The first-order chi connectivity index (χ1) is 14.2. The van der Waals surface area contributed by atoms with Gasteiger partial charge in [0.05, 0.1) is 4.92 Å². The Labute approximate surface area is 170 Å². The second-order valence-electron chi connectivity index (χ2n) is 6.48. The zero-order chi connectivity index (χ0) is 21.7. The standard InChI is InChI=1S/C20H18F3N3O4/c21-20(22,23)30-18-8-4-1-5-15(18)9-10-19(27)25-13-11-24(12-14-25)16-6-2-3-7-17(16)26(28)29/h1-10H,11-14H2/b10-9+. The molecule has 158 valence electrons. The number of hydrogen-bond acceptors (Lipinski definition) is 5. The van der Waals surface area contributed by atoms with E-state index in [0.29, 0.717) is 31.9 Å². The number of hydrogen-bond donors (Lipinski definition) is 0. The highest BCUT2D eigenvalue weighted by molar-refractivity contribution is 5.92. The molecule has 1 saturated heterocycles. The van der Waals surface area contributed by atoms with Gasteiger partial charge in [-0.3, -0.25) is 14.9 Å². The van der Waals surface area contributed by atoms with Crippen LogP contribution in [0.3, 0.4) is 0 Å². The van der Waals surface area contributed by atoms with E-state index in [0.717, 1.165) is 0 Å². The van der Waals surface area contributed by atoms with Crippen LogP contribution in [-0.2, 0) is 4.79 Å². The largest absolute Gasteiger partial charge is 0.573 e. The van der Waals surface area contributed by atoms with Gasteiger partial charge in [-0.1, -0.05) is 30.3 Å². The molecular weight excluding hydrogens is 403 g/mol. The van der Waals surface area contributed by atoms with Crippen LogP contribution in [0.25, 0.3) is 6.08 Å². The number of alkyl halides is 3. The van der Waals surface area contributed by atoms with E-state index in [-0.39, 0.29) is 17.2 Å². The van der Waals surface area contributed by atoms with Crippen molar-refractivity contribution < 1.29 is 27.6 Å². The number of nitro benzene ring substituents is 1. The number of rotatable bonds is 5. The molecule has 1 heterocycles. The molecule has 2 aromatic rings. The maximum Gasteiger partial charge on any atom is 0.573 e. The number of carbonyl (C=O) groups is 1. The third-order valence-electron chi connectivity index (χ3n) is 4.56. The van der Waals surface area contributed by atoms with Gasteiger partial charge < -0.3 is 14.5 Å². The zero-order valence-electron chi connectivity index (χ0n) is 15.7. The van der Waals surface area contributed by atoms with Gasteiger partial charge in [0.25, 0.3) is 5.69 Å². The van der Waals surface area contributed by atoms with Crippen molar-refractivity contribution in [2.45, 2.75) is 6.36 Å². The van der Waals surface area contributed by atoms with E-state index < -0.39 is 17.0 Å². The summed E-state index contributed by atoms with van der Waals surface area (Å²) in [6.07, 6.45) is -2.36. The molecule has 0 N–H and O–H groups in total. The van der Waals surface area contributed by atoms with Crippen molar-refractivity contribution in [3.8, 4) is 5.75 Å². The number of carbonyl (C=O) groups excluding carboxylic acids is 1. The molecule has 7 nitrogen and oxygen atoms in total. The number of ether oxygens (including phenoxy) is 1. The summed E-state index contributed by atoms with van der Waals surface area (Å²) in [5, 5.41) is 11.2. The van der Waals surface area contributed by atoms with Crippen molar-refractivity contribution in [2.24, 2.45) is 0 Å². The number of anilines is 1. The van der Waals surface area contributed by atoms with E-state index in [9.17, 15) is 28.1 Å². The summed E-state index contributed by atoms with van der Waals surface area (Å²) in [6.45, 7) is 1.46. The van der Waals surface area contributed by atoms with Gasteiger partial charge in [-0.25, -0.2) is 0 Å². The number of para-hydroxylation sites is 3. The molecule has 30 heavy (non-hydrogen) atoms. The summed E-state index contributed by atoms with van der Waals surface area (Å²) >= 11 is 0. The number of benzene rings is 2. The molecular formula is C20H18F3N3O4. The van der Waals surface area contributed by atoms with Gasteiger partial charge in [-0.15, -0.1) is 13.2 Å². The molecule has 0 radical (unpaired) electrons. The van der Waals surface area contributed by atoms with Crippen molar-refractivity contribution in [2.75, 3.05) is 31.1 Å². The number of nitrogens with zero attached hydrogens (tertiary/aromatic N) is 3. The van der Waals surface area contributed by atoms with Crippen molar-refractivity contribution in [3.63, 3.8) is 0 Å². The highest BCUT2D eigenvalue weighted by Gasteiger charge is 2.31. The van der Waals surface area contributed by atoms with Gasteiger partial charge in [0.2, 0.25) is 5.91 Å². The third-order valence-corrected chi connectivity index (χ3v) is 4.56. The van der Waals surface area contributed by atoms with E-state index in [1.807, 2.05) is 4.90 Å². The molecule has 1 fully saturated rings. The molecule has 0 unspecified atom stereocenters. The molecule has 0 aromatic heterocycles. The molecule has 0 aliphatic carbocycles. The molecule has 0 atom stereocenters. The molecule has 0 saturated carbocycles. The van der Waals surface area contributed by atoms with Crippen LogP contribution in [0.5, 0.6) is 5.75 Å². The minimum atomic E-state index is -4.83. The second kappa shape index (κ2) is 8.85. The van der Waals surface area contributed by atoms with E-state index >= 15 is 0 Å². The van der Waals surface area contributed by atoms with Gasteiger partial charge in [0.1, 0.15) is 11.4 Å². The summed E-state index contributed by atoms with van der Waals surface area (Å²) < 4.78 is 41.5. The maximum absolute atomic E-state index is 12.5. The van der Waals surface area contributed by atoms with Crippen LogP contribution in [0.1, 0.15) is 5.56 Å². The van der Waals surface area contributed by atoms with Crippen molar-refractivity contribution in [3.05, 3.63) is 70.3 Å². The minimum absolute atomic E-state index is 0.00144. The highest BCUT2D eigenvalue weighted by atomic mass is 19.4. The van der Waals surface area contributed by atoms with Crippen LogP contribution in [0.15, 0.2) is 54.6 Å². The fraction of sp³-hybridized carbons (Fsp3) is 0.250. The fourth-order valence-corrected chi connectivity index (χ4v) is 3.16. The lowest BCUT2D eigenvalue weighted by atomic mass is 10.1. The van der Waals surface area contributed by atoms with Crippen LogP contribution in [0.2, 0.25) is 0 Å². The van der Waals surface area contributed by atoms with Crippen LogP contribution in [0, 0.1) is 10.1 Å². The predicted octanol–water partition coefficient (Wildman–Crippen LogP) is 3.86. The number of nitro groups is 1. The lowest BCUT2D eigenvalue weighted by Gasteiger charge is -2.35. The first-order valence-electron chi connectivity index (χ1n) is 9.05. The Bertz CT molecular complexity index is 954. The molecule has 1 aliphatic heterocycles. The molecule has 10 heteroatoms. The molecule has 2 aromatic carbocycles. The second-order valence-corrected chi connectivity index (χ2v) is 6.48. The Morgan fingerprint density at radius 3 is 2.33 bits per heavy atom. The number of amides is 1. The average molecular weight is 421 g/mol. The topological polar surface area (TPSA) is 75.9 Å². The fourth-order valence-electron chi connectivity index (χ4n) is 3.16. The normalized spacial score (nSPS) is 14.8. The molecule has 0 bridgehead atoms. The van der Waals surface area contributed by atoms with Gasteiger partial charge in [0.15, 0.2) is 0 Å². The van der Waals surface area contributed by atoms with Crippen LogP contribution >= 0.6 is 0 Å². The van der Waals surface area contributed by atoms with Crippen LogP contribution in [0.4, 0.5) is 24.5 Å². The van der Waals surface area contributed by atoms with Crippen LogP contribution in [-0.4, -0.2) is 48.3 Å². The SMILES string of the molecule is O=C(/C=C/c1ccccc1OC(F)(F)F)N1CCN(c2ccccc2[N+](=O)[O-])CC1. The lowest BCUT2D eigenvalue weighted by Crippen LogP contribution is -2.48. The molecule has 0 spiro atoms. The number of piperazine rings is 1. The third kappa shape index (κ3) is 5.28. The Kier molecular flexibility index (Phi) is 6.24. The smallest absolute Gasteiger partial charge is 0.405 e. The Hall–Kier alpha value is -3.56. The van der Waals surface area contributed by atoms with E-state index in [1.165, 1.54) is 41.3 Å². The predicted molar refractivity (Wildman–Crippen MR) is 104 cm³/mol. The van der Waals surface area contributed by atoms with Gasteiger partial charge in [0, 0.05) is 43.9 Å². The van der Waals surface area contributed by atoms with Gasteiger partial charge in [-0.2, -0.15) is 0 Å². The average Bonchev–Trinajstić information content (AvgIpc) is 2.72. The Morgan fingerprint density at radius 1 is 1.03 bits per heavy atom. The van der Waals surface area contributed by atoms with Crippen molar-refractivity contribution in [1.29, 1.82) is 0 Å². The van der Waals surface area contributed by atoms with E-state index in [2.05, 4.69) is 4.74 Å². The quantitative estimate of drug-likeness (QED) is 0.416. The number of halogens is 3. The summed E-state index contributed by atoms with van der Waals surface area (Å²) in [7, 11) is 0. The summed E-state index contributed by atoms with van der Waals surface area (Å²) in [5.74, 6) is -0.755. The van der Waals surface area contributed by atoms with Crippen molar-refractivity contribution >= 4 is 23.4 Å². The van der Waals surface area contributed by atoms with Gasteiger partial charge >= 0.3 is 6.36 Å². The monoisotopic (exact) mass is 421 g/mol. The maximum atomic E-state index is 12.5.